The molecule has 0 aliphatic heterocycles. The summed E-state index contributed by atoms with van der Waals surface area (Å²) in [5, 5.41) is 0. The number of nitrogens with zero attached hydrogens (tertiary/aromatic N) is 1. The standard InChI is InChI=1S/C12H22N2S/c1-9-11(15-8-14-9)6-5-10(7-13)12(2,3)4/h8,10H,5-7,13H2,1-4H3. The summed E-state index contributed by atoms with van der Waals surface area (Å²) in [5.41, 5.74) is 9.25. The van der Waals surface area contributed by atoms with Crippen LogP contribution in [0.4, 0.5) is 0 Å². The summed E-state index contributed by atoms with van der Waals surface area (Å²) < 4.78 is 0. The number of thiazole rings is 1. The van der Waals surface area contributed by atoms with E-state index in [1.807, 2.05) is 5.51 Å². The normalized spacial score (nSPS) is 14.2. The Hall–Kier alpha value is -0.410. The number of aromatic nitrogens is 1. The van der Waals surface area contributed by atoms with Gasteiger partial charge in [-0.25, -0.2) is 4.98 Å². The number of rotatable bonds is 4. The van der Waals surface area contributed by atoms with Crippen LogP contribution in [0.3, 0.4) is 0 Å². The van der Waals surface area contributed by atoms with Crippen LogP contribution in [0.15, 0.2) is 5.51 Å². The highest BCUT2D eigenvalue weighted by atomic mass is 32.1. The van der Waals surface area contributed by atoms with E-state index in [4.69, 9.17) is 5.73 Å². The summed E-state index contributed by atoms with van der Waals surface area (Å²) in [4.78, 5) is 5.68. The fourth-order valence-corrected chi connectivity index (χ4v) is 2.57. The lowest BCUT2D eigenvalue weighted by molar-refractivity contribution is 0.233. The molecule has 1 aromatic rings. The van der Waals surface area contributed by atoms with Crippen LogP contribution in [-0.4, -0.2) is 11.5 Å². The van der Waals surface area contributed by atoms with Crippen molar-refractivity contribution in [1.29, 1.82) is 0 Å². The molecular formula is C12H22N2S. The third-order valence-electron chi connectivity index (χ3n) is 3.07. The number of aryl methyl sites for hydroxylation is 2. The Morgan fingerprint density at radius 2 is 2.13 bits per heavy atom. The molecule has 0 spiro atoms. The van der Waals surface area contributed by atoms with Crippen molar-refractivity contribution in [3.8, 4) is 0 Å². The average Bonchev–Trinajstić information content (AvgIpc) is 2.50. The molecule has 1 atom stereocenters. The van der Waals surface area contributed by atoms with Gasteiger partial charge in [0, 0.05) is 4.88 Å². The summed E-state index contributed by atoms with van der Waals surface area (Å²) in [5.74, 6) is 0.596. The van der Waals surface area contributed by atoms with E-state index >= 15 is 0 Å². The van der Waals surface area contributed by atoms with Crippen molar-refractivity contribution in [2.75, 3.05) is 6.54 Å². The maximum absolute atomic E-state index is 5.82. The SMILES string of the molecule is Cc1ncsc1CCC(CN)C(C)(C)C. The second-order valence-corrected chi connectivity index (χ2v) is 6.14. The number of hydrogen-bond acceptors (Lipinski definition) is 3. The van der Waals surface area contributed by atoms with Crippen LogP contribution in [0.2, 0.25) is 0 Å². The first-order valence-corrected chi connectivity index (χ1v) is 6.42. The number of hydrogen-bond donors (Lipinski definition) is 1. The smallest absolute Gasteiger partial charge is 0.0797 e. The van der Waals surface area contributed by atoms with E-state index in [1.54, 1.807) is 11.3 Å². The van der Waals surface area contributed by atoms with E-state index < -0.39 is 0 Å². The van der Waals surface area contributed by atoms with Gasteiger partial charge in [-0.3, -0.25) is 0 Å². The highest BCUT2D eigenvalue weighted by Gasteiger charge is 2.23. The molecule has 0 aliphatic rings. The second-order valence-electron chi connectivity index (χ2n) is 5.20. The predicted molar refractivity (Wildman–Crippen MR) is 67.2 cm³/mol. The van der Waals surface area contributed by atoms with Crippen molar-refractivity contribution in [3.05, 3.63) is 16.1 Å². The lowest BCUT2D eigenvalue weighted by atomic mass is 9.78. The van der Waals surface area contributed by atoms with E-state index in [0.29, 0.717) is 11.3 Å². The minimum absolute atomic E-state index is 0.313. The van der Waals surface area contributed by atoms with Crippen LogP contribution < -0.4 is 5.73 Å². The molecule has 0 aliphatic carbocycles. The Morgan fingerprint density at radius 3 is 2.53 bits per heavy atom. The third-order valence-corrected chi connectivity index (χ3v) is 4.07. The largest absolute Gasteiger partial charge is 0.330 e. The van der Waals surface area contributed by atoms with Gasteiger partial charge in [-0.1, -0.05) is 20.8 Å². The minimum Gasteiger partial charge on any atom is -0.330 e. The van der Waals surface area contributed by atoms with Gasteiger partial charge in [0.05, 0.1) is 11.2 Å². The van der Waals surface area contributed by atoms with Crippen molar-refractivity contribution in [2.45, 2.75) is 40.5 Å². The zero-order valence-electron chi connectivity index (χ0n) is 10.2. The topological polar surface area (TPSA) is 38.9 Å². The summed E-state index contributed by atoms with van der Waals surface area (Å²) in [6.07, 6.45) is 2.29. The molecule has 1 rings (SSSR count). The maximum atomic E-state index is 5.82. The molecule has 0 bridgehead atoms. The quantitative estimate of drug-likeness (QED) is 0.857. The molecule has 1 heterocycles. The predicted octanol–water partition coefficient (Wildman–Crippen LogP) is 3.01. The molecule has 3 heteroatoms. The average molecular weight is 226 g/mol. The van der Waals surface area contributed by atoms with Gasteiger partial charge in [0.2, 0.25) is 0 Å². The van der Waals surface area contributed by atoms with Gasteiger partial charge < -0.3 is 5.73 Å². The molecule has 0 saturated heterocycles. The van der Waals surface area contributed by atoms with Gasteiger partial charge in [0.15, 0.2) is 0 Å². The van der Waals surface area contributed by atoms with Crippen LogP contribution in [0.1, 0.15) is 37.8 Å². The first-order chi connectivity index (χ1) is 6.95. The van der Waals surface area contributed by atoms with Crippen LogP contribution in [0, 0.1) is 18.3 Å². The molecule has 0 amide bonds. The molecule has 0 radical (unpaired) electrons. The zero-order chi connectivity index (χ0) is 11.5. The van der Waals surface area contributed by atoms with E-state index in [9.17, 15) is 0 Å². The van der Waals surface area contributed by atoms with Crippen molar-refractivity contribution in [2.24, 2.45) is 17.1 Å². The van der Waals surface area contributed by atoms with Gasteiger partial charge in [-0.2, -0.15) is 0 Å². The Balaban J connectivity index is 2.52. The monoisotopic (exact) mass is 226 g/mol. The lowest BCUT2D eigenvalue weighted by Gasteiger charge is -2.29. The molecular weight excluding hydrogens is 204 g/mol. The Labute approximate surface area is 96.9 Å². The number of nitrogens with two attached hydrogens (primary N) is 1. The fourth-order valence-electron chi connectivity index (χ4n) is 1.78. The van der Waals surface area contributed by atoms with Crippen LogP contribution in [0.5, 0.6) is 0 Å². The van der Waals surface area contributed by atoms with Crippen molar-refractivity contribution >= 4 is 11.3 Å². The second kappa shape index (κ2) is 5.08. The maximum Gasteiger partial charge on any atom is 0.0797 e. The molecule has 1 unspecified atom stereocenters. The van der Waals surface area contributed by atoms with Crippen molar-refractivity contribution in [3.63, 3.8) is 0 Å². The van der Waals surface area contributed by atoms with Crippen LogP contribution >= 0.6 is 11.3 Å². The third kappa shape index (κ3) is 3.58. The highest BCUT2D eigenvalue weighted by molar-refractivity contribution is 7.09. The summed E-state index contributed by atoms with van der Waals surface area (Å²) in [6, 6.07) is 0. The van der Waals surface area contributed by atoms with Gasteiger partial charge in [-0.05, 0) is 37.6 Å². The molecule has 0 saturated carbocycles. The Bertz CT molecular complexity index is 299. The first-order valence-electron chi connectivity index (χ1n) is 5.54. The van der Waals surface area contributed by atoms with Gasteiger partial charge in [0.1, 0.15) is 0 Å². The van der Waals surface area contributed by atoms with E-state index in [2.05, 4.69) is 32.7 Å². The van der Waals surface area contributed by atoms with E-state index in [1.165, 1.54) is 17.0 Å². The van der Waals surface area contributed by atoms with Gasteiger partial charge in [0.25, 0.3) is 0 Å². The van der Waals surface area contributed by atoms with Gasteiger partial charge in [-0.15, -0.1) is 11.3 Å². The van der Waals surface area contributed by atoms with Crippen LogP contribution in [0.25, 0.3) is 0 Å². The highest BCUT2D eigenvalue weighted by Crippen LogP contribution is 2.29. The lowest BCUT2D eigenvalue weighted by Crippen LogP contribution is -2.28. The molecule has 86 valence electrons. The molecule has 2 nitrogen and oxygen atoms in total. The molecule has 0 aromatic carbocycles. The summed E-state index contributed by atoms with van der Waals surface area (Å²) in [7, 11) is 0. The van der Waals surface area contributed by atoms with E-state index in [0.717, 1.165) is 13.0 Å². The van der Waals surface area contributed by atoms with E-state index in [-0.39, 0.29) is 0 Å². The summed E-state index contributed by atoms with van der Waals surface area (Å²) in [6.45, 7) is 9.67. The van der Waals surface area contributed by atoms with Crippen LogP contribution in [-0.2, 0) is 6.42 Å². The van der Waals surface area contributed by atoms with Crippen molar-refractivity contribution in [1.82, 2.24) is 4.98 Å². The summed E-state index contributed by atoms with van der Waals surface area (Å²) >= 11 is 1.76. The molecule has 15 heavy (non-hydrogen) atoms. The molecule has 0 fully saturated rings. The van der Waals surface area contributed by atoms with Crippen molar-refractivity contribution < 1.29 is 0 Å². The first kappa shape index (κ1) is 12.7. The molecule has 1 aromatic heterocycles. The Kier molecular flexibility index (Phi) is 4.29. The fraction of sp³-hybridized carbons (Fsp3) is 0.750. The van der Waals surface area contributed by atoms with Gasteiger partial charge >= 0.3 is 0 Å². The zero-order valence-corrected chi connectivity index (χ0v) is 11.0. The minimum atomic E-state index is 0.313. The Morgan fingerprint density at radius 1 is 1.47 bits per heavy atom. The molecule has 2 N–H and O–H groups in total.